The third-order valence-electron chi connectivity index (χ3n) is 3.32. The van der Waals surface area contributed by atoms with Gasteiger partial charge >= 0.3 is 5.97 Å². The quantitative estimate of drug-likeness (QED) is 0.791. The van der Waals surface area contributed by atoms with E-state index in [2.05, 4.69) is 4.98 Å². The van der Waals surface area contributed by atoms with Gasteiger partial charge in [-0.15, -0.1) is 0 Å². The normalized spacial score (nSPS) is 10.8. The van der Waals surface area contributed by atoms with Crippen LogP contribution in [0.3, 0.4) is 0 Å². The summed E-state index contributed by atoms with van der Waals surface area (Å²) in [6, 6.07) is 15.1. The molecule has 4 heteroatoms. The standard InChI is InChI=1S/C16H14N2O2/c1-2-14-17-15-12(16(19)20)9-6-10-13(15)18(14)11-7-4-3-5-8-11/h3-10H,2H2,1H3,(H,19,20). The Bertz CT molecular complexity index is 776. The molecule has 0 fully saturated rings. The van der Waals surface area contributed by atoms with E-state index in [1.54, 1.807) is 12.1 Å². The lowest BCUT2D eigenvalue weighted by molar-refractivity contribution is 0.0699. The van der Waals surface area contributed by atoms with E-state index in [4.69, 9.17) is 0 Å². The molecule has 1 N–H and O–H groups in total. The van der Waals surface area contributed by atoms with Crippen LogP contribution in [0.5, 0.6) is 0 Å². The van der Waals surface area contributed by atoms with E-state index in [1.807, 2.05) is 47.9 Å². The molecule has 0 aliphatic rings. The molecule has 0 radical (unpaired) electrons. The molecule has 1 heterocycles. The smallest absolute Gasteiger partial charge is 0.337 e. The maximum atomic E-state index is 11.3. The molecule has 4 nitrogen and oxygen atoms in total. The fourth-order valence-electron chi connectivity index (χ4n) is 2.42. The number of aromatic carboxylic acids is 1. The lowest BCUT2D eigenvalue weighted by Gasteiger charge is -2.07. The van der Waals surface area contributed by atoms with Crippen molar-refractivity contribution in [2.45, 2.75) is 13.3 Å². The molecule has 0 saturated carbocycles. The molecule has 0 aliphatic heterocycles. The average Bonchev–Trinajstić information content (AvgIpc) is 2.86. The highest BCUT2D eigenvalue weighted by atomic mass is 16.4. The van der Waals surface area contributed by atoms with E-state index in [9.17, 15) is 9.90 Å². The van der Waals surface area contributed by atoms with Crippen molar-refractivity contribution in [3.63, 3.8) is 0 Å². The summed E-state index contributed by atoms with van der Waals surface area (Å²) in [4.78, 5) is 15.8. The fraction of sp³-hybridized carbons (Fsp3) is 0.125. The summed E-state index contributed by atoms with van der Waals surface area (Å²) in [6.07, 6.45) is 0.739. The van der Waals surface area contributed by atoms with Gasteiger partial charge in [0.25, 0.3) is 0 Å². The third kappa shape index (κ3) is 1.86. The number of aryl methyl sites for hydroxylation is 1. The Kier molecular flexibility index (Phi) is 2.99. The number of imidazole rings is 1. The second kappa shape index (κ2) is 4.81. The number of hydrogen-bond donors (Lipinski definition) is 1. The van der Waals surface area contributed by atoms with Crippen molar-refractivity contribution in [2.75, 3.05) is 0 Å². The molecule has 20 heavy (non-hydrogen) atoms. The molecule has 0 unspecified atom stereocenters. The van der Waals surface area contributed by atoms with Crippen LogP contribution in [0.1, 0.15) is 23.1 Å². The maximum Gasteiger partial charge on any atom is 0.337 e. The monoisotopic (exact) mass is 266 g/mol. The van der Waals surface area contributed by atoms with Crippen LogP contribution in [0.25, 0.3) is 16.7 Å². The highest BCUT2D eigenvalue weighted by molar-refractivity contribution is 6.01. The summed E-state index contributed by atoms with van der Waals surface area (Å²) in [5, 5.41) is 9.28. The first kappa shape index (κ1) is 12.4. The first-order valence-corrected chi connectivity index (χ1v) is 6.51. The Morgan fingerprint density at radius 3 is 2.55 bits per heavy atom. The summed E-state index contributed by atoms with van der Waals surface area (Å²) in [6.45, 7) is 2.01. The fourth-order valence-corrected chi connectivity index (χ4v) is 2.42. The first-order valence-electron chi connectivity index (χ1n) is 6.51. The van der Waals surface area contributed by atoms with Gasteiger partial charge in [0.2, 0.25) is 0 Å². The number of aromatic nitrogens is 2. The van der Waals surface area contributed by atoms with Crippen molar-refractivity contribution in [3.05, 3.63) is 59.9 Å². The second-order valence-electron chi connectivity index (χ2n) is 4.53. The largest absolute Gasteiger partial charge is 0.478 e. The Morgan fingerprint density at radius 1 is 1.15 bits per heavy atom. The van der Waals surface area contributed by atoms with E-state index >= 15 is 0 Å². The molecular formula is C16H14N2O2. The summed E-state index contributed by atoms with van der Waals surface area (Å²) < 4.78 is 2.02. The molecule has 0 amide bonds. The summed E-state index contributed by atoms with van der Waals surface area (Å²) >= 11 is 0. The number of carboxylic acids is 1. The minimum Gasteiger partial charge on any atom is -0.478 e. The zero-order chi connectivity index (χ0) is 14.1. The Labute approximate surface area is 116 Å². The number of nitrogens with zero attached hydrogens (tertiary/aromatic N) is 2. The van der Waals surface area contributed by atoms with Gasteiger partial charge in [0.05, 0.1) is 11.1 Å². The first-order chi connectivity index (χ1) is 9.72. The molecule has 100 valence electrons. The van der Waals surface area contributed by atoms with E-state index in [1.165, 1.54) is 0 Å². The van der Waals surface area contributed by atoms with E-state index in [0.29, 0.717) is 5.52 Å². The SMILES string of the molecule is CCc1nc2c(C(=O)O)cccc2n1-c1ccccc1. The van der Waals surface area contributed by atoms with Crippen molar-refractivity contribution in [2.24, 2.45) is 0 Å². The number of hydrogen-bond acceptors (Lipinski definition) is 2. The van der Waals surface area contributed by atoms with Crippen LogP contribution in [0, 0.1) is 0 Å². The average molecular weight is 266 g/mol. The van der Waals surface area contributed by atoms with Gasteiger partial charge < -0.3 is 5.11 Å². The van der Waals surface area contributed by atoms with Gasteiger partial charge in [-0.3, -0.25) is 4.57 Å². The second-order valence-corrected chi connectivity index (χ2v) is 4.53. The van der Waals surface area contributed by atoms with E-state index in [-0.39, 0.29) is 5.56 Å². The Balaban J connectivity index is 2.37. The number of rotatable bonds is 3. The van der Waals surface area contributed by atoms with Gasteiger partial charge in [-0.05, 0) is 24.3 Å². The van der Waals surface area contributed by atoms with Gasteiger partial charge in [0, 0.05) is 12.1 Å². The van der Waals surface area contributed by atoms with Gasteiger partial charge in [0.1, 0.15) is 11.3 Å². The Morgan fingerprint density at radius 2 is 1.90 bits per heavy atom. The number of para-hydroxylation sites is 2. The number of fused-ring (bicyclic) bond motifs is 1. The number of carbonyl (C=O) groups is 1. The van der Waals surface area contributed by atoms with E-state index in [0.717, 1.165) is 23.4 Å². The van der Waals surface area contributed by atoms with Gasteiger partial charge in [-0.2, -0.15) is 0 Å². The van der Waals surface area contributed by atoms with Crippen LogP contribution in [-0.2, 0) is 6.42 Å². The Hall–Kier alpha value is -2.62. The van der Waals surface area contributed by atoms with Crippen molar-refractivity contribution < 1.29 is 9.90 Å². The molecule has 0 atom stereocenters. The minimum absolute atomic E-state index is 0.242. The molecule has 2 aromatic carbocycles. The van der Waals surface area contributed by atoms with Crippen LogP contribution >= 0.6 is 0 Å². The molecule has 3 aromatic rings. The summed E-state index contributed by atoms with van der Waals surface area (Å²) in [5.74, 6) is -0.0872. The molecule has 0 saturated heterocycles. The van der Waals surface area contributed by atoms with Gasteiger partial charge in [-0.1, -0.05) is 31.2 Å². The molecule has 0 spiro atoms. The highest BCUT2D eigenvalue weighted by Crippen LogP contribution is 2.24. The molecule has 0 aliphatic carbocycles. The topological polar surface area (TPSA) is 55.1 Å². The lowest BCUT2D eigenvalue weighted by atomic mass is 10.2. The third-order valence-corrected chi connectivity index (χ3v) is 3.32. The van der Waals surface area contributed by atoms with Crippen molar-refractivity contribution in [1.29, 1.82) is 0 Å². The molecule has 3 rings (SSSR count). The molecular weight excluding hydrogens is 252 g/mol. The van der Waals surface area contributed by atoms with Crippen molar-refractivity contribution >= 4 is 17.0 Å². The molecule has 0 bridgehead atoms. The lowest BCUT2D eigenvalue weighted by Crippen LogP contribution is -1.99. The molecule has 1 aromatic heterocycles. The van der Waals surface area contributed by atoms with Crippen molar-refractivity contribution in [1.82, 2.24) is 9.55 Å². The predicted octanol–water partition coefficient (Wildman–Crippen LogP) is 3.29. The summed E-state index contributed by atoms with van der Waals surface area (Å²) in [5.41, 5.74) is 2.61. The van der Waals surface area contributed by atoms with Crippen LogP contribution in [-0.4, -0.2) is 20.6 Å². The maximum absolute atomic E-state index is 11.3. The summed E-state index contributed by atoms with van der Waals surface area (Å²) in [7, 11) is 0. The van der Waals surface area contributed by atoms with Crippen LogP contribution < -0.4 is 0 Å². The van der Waals surface area contributed by atoms with Gasteiger partial charge in [0.15, 0.2) is 0 Å². The van der Waals surface area contributed by atoms with Crippen LogP contribution in [0.2, 0.25) is 0 Å². The predicted molar refractivity (Wildman–Crippen MR) is 77.4 cm³/mol. The zero-order valence-electron chi connectivity index (χ0n) is 11.1. The van der Waals surface area contributed by atoms with Gasteiger partial charge in [-0.25, -0.2) is 9.78 Å². The van der Waals surface area contributed by atoms with E-state index < -0.39 is 5.97 Å². The number of carboxylic acid groups (broad SMARTS) is 1. The van der Waals surface area contributed by atoms with Crippen molar-refractivity contribution in [3.8, 4) is 5.69 Å². The number of benzene rings is 2. The zero-order valence-corrected chi connectivity index (χ0v) is 11.1. The van der Waals surface area contributed by atoms with Crippen LogP contribution in [0.15, 0.2) is 48.5 Å². The van der Waals surface area contributed by atoms with Crippen LogP contribution in [0.4, 0.5) is 0 Å². The highest BCUT2D eigenvalue weighted by Gasteiger charge is 2.16. The minimum atomic E-state index is -0.948.